The number of hydrogen-bond acceptors (Lipinski definition) is 4. The maximum absolute atomic E-state index is 12.8. The van der Waals surface area contributed by atoms with E-state index in [0.29, 0.717) is 0 Å². The lowest BCUT2D eigenvalue weighted by Gasteiger charge is -2.25. The second-order valence-electron chi connectivity index (χ2n) is 5.96. The SMILES string of the molecule is COc1ccc(N2C(=O)C(C)SC2c2cccc3cccnc23)cc1. The topological polar surface area (TPSA) is 42.4 Å². The van der Waals surface area contributed by atoms with Crippen LogP contribution in [0.4, 0.5) is 5.69 Å². The number of benzene rings is 2. The quantitative estimate of drug-likeness (QED) is 0.702. The number of carbonyl (C=O) groups excluding carboxylic acids is 1. The number of ether oxygens (including phenoxy) is 1. The van der Waals surface area contributed by atoms with Gasteiger partial charge in [0.1, 0.15) is 11.1 Å². The van der Waals surface area contributed by atoms with E-state index in [-0.39, 0.29) is 16.5 Å². The molecule has 2 unspecified atom stereocenters. The average molecular weight is 350 g/mol. The van der Waals surface area contributed by atoms with Crippen molar-refractivity contribution >= 4 is 34.3 Å². The van der Waals surface area contributed by atoms with Crippen molar-refractivity contribution in [3.05, 3.63) is 66.4 Å². The molecule has 1 aliphatic heterocycles. The summed E-state index contributed by atoms with van der Waals surface area (Å²) in [5.74, 6) is 0.896. The molecule has 0 aliphatic carbocycles. The number of thioether (sulfide) groups is 1. The fourth-order valence-electron chi connectivity index (χ4n) is 3.17. The summed E-state index contributed by atoms with van der Waals surface area (Å²) in [6, 6.07) is 17.8. The fourth-order valence-corrected chi connectivity index (χ4v) is 4.47. The van der Waals surface area contributed by atoms with Crippen LogP contribution in [0.25, 0.3) is 10.9 Å². The Morgan fingerprint density at radius 3 is 2.60 bits per heavy atom. The molecule has 2 aromatic carbocycles. The summed E-state index contributed by atoms with van der Waals surface area (Å²) in [6.45, 7) is 1.96. The van der Waals surface area contributed by atoms with Crippen LogP contribution in [0.1, 0.15) is 17.9 Å². The van der Waals surface area contributed by atoms with Gasteiger partial charge < -0.3 is 4.74 Å². The number of nitrogens with zero attached hydrogens (tertiary/aromatic N) is 2. The summed E-state index contributed by atoms with van der Waals surface area (Å²) < 4.78 is 5.23. The van der Waals surface area contributed by atoms with Crippen LogP contribution in [-0.2, 0) is 4.79 Å². The van der Waals surface area contributed by atoms with E-state index in [1.54, 1.807) is 25.1 Å². The third-order valence-electron chi connectivity index (χ3n) is 4.43. The number of para-hydroxylation sites is 1. The number of fused-ring (bicyclic) bond motifs is 1. The van der Waals surface area contributed by atoms with Crippen LogP contribution in [0.15, 0.2) is 60.8 Å². The molecular formula is C20H18N2O2S. The Kier molecular flexibility index (Phi) is 4.09. The van der Waals surface area contributed by atoms with Crippen molar-refractivity contribution in [1.82, 2.24) is 4.98 Å². The van der Waals surface area contributed by atoms with E-state index in [9.17, 15) is 4.79 Å². The molecule has 25 heavy (non-hydrogen) atoms. The van der Waals surface area contributed by atoms with Gasteiger partial charge in [-0.2, -0.15) is 0 Å². The molecule has 1 fully saturated rings. The van der Waals surface area contributed by atoms with Gasteiger partial charge in [0.15, 0.2) is 0 Å². The van der Waals surface area contributed by atoms with Gasteiger partial charge in [-0.25, -0.2) is 0 Å². The lowest BCUT2D eigenvalue weighted by molar-refractivity contribution is -0.117. The average Bonchev–Trinajstić information content (AvgIpc) is 2.96. The van der Waals surface area contributed by atoms with Gasteiger partial charge in [-0.3, -0.25) is 14.7 Å². The Morgan fingerprint density at radius 2 is 1.84 bits per heavy atom. The maximum atomic E-state index is 12.8. The third-order valence-corrected chi connectivity index (χ3v) is 5.77. The van der Waals surface area contributed by atoms with Crippen LogP contribution in [0, 0.1) is 0 Å². The zero-order valence-corrected chi connectivity index (χ0v) is 14.9. The minimum atomic E-state index is -0.0916. The lowest BCUT2D eigenvalue weighted by atomic mass is 10.1. The van der Waals surface area contributed by atoms with Crippen molar-refractivity contribution in [2.75, 3.05) is 12.0 Å². The molecule has 5 heteroatoms. The highest BCUT2D eigenvalue weighted by atomic mass is 32.2. The predicted molar refractivity (Wildman–Crippen MR) is 102 cm³/mol. The largest absolute Gasteiger partial charge is 0.497 e. The number of anilines is 1. The van der Waals surface area contributed by atoms with Crippen LogP contribution in [0.3, 0.4) is 0 Å². The summed E-state index contributed by atoms with van der Waals surface area (Å²) in [5, 5.41) is 0.905. The molecule has 4 rings (SSSR count). The molecule has 1 aliphatic rings. The van der Waals surface area contributed by atoms with Gasteiger partial charge in [-0.1, -0.05) is 24.3 Å². The number of amides is 1. The Balaban J connectivity index is 1.82. The van der Waals surface area contributed by atoms with Crippen LogP contribution in [0.2, 0.25) is 0 Å². The number of carbonyl (C=O) groups is 1. The van der Waals surface area contributed by atoms with E-state index in [0.717, 1.165) is 27.9 Å². The van der Waals surface area contributed by atoms with Gasteiger partial charge in [0.2, 0.25) is 5.91 Å². The Hall–Kier alpha value is -2.53. The fraction of sp³-hybridized carbons (Fsp3) is 0.200. The molecule has 0 bridgehead atoms. The molecule has 1 amide bonds. The smallest absolute Gasteiger partial charge is 0.241 e. The molecule has 3 aromatic rings. The minimum absolute atomic E-state index is 0.0884. The van der Waals surface area contributed by atoms with Crippen molar-refractivity contribution in [3.63, 3.8) is 0 Å². The number of methoxy groups -OCH3 is 1. The second kappa shape index (κ2) is 6.41. The maximum Gasteiger partial charge on any atom is 0.241 e. The molecule has 2 heterocycles. The molecule has 0 spiro atoms. The van der Waals surface area contributed by atoms with Gasteiger partial charge in [0, 0.05) is 22.8 Å². The van der Waals surface area contributed by atoms with Crippen molar-refractivity contribution < 1.29 is 9.53 Å². The third kappa shape index (κ3) is 2.74. The van der Waals surface area contributed by atoms with E-state index in [1.165, 1.54) is 0 Å². The summed E-state index contributed by atoms with van der Waals surface area (Å²) in [4.78, 5) is 19.3. The van der Waals surface area contributed by atoms with Crippen molar-refractivity contribution in [2.24, 2.45) is 0 Å². The first-order valence-corrected chi connectivity index (χ1v) is 9.09. The molecule has 4 nitrogen and oxygen atoms in total. The number of rotatable bonds is 3. The van der Waals surface area contributed by atoms with Crippen molar-refractivity contribution in [1.29, 1.82) is 0 Å². The van der Waals surface area contributed by atoms with Crippen molar-refractivity contribution in [2.45, 2.75) is 17.5 Å². The number of hydrogen-bond donors (Lipinski definition) is 0. The number of aromatic nitrogens is 1. The second-order valence-corrected chi connectivity index (χ2v) is 7.39. The summed E-state index contributed by atoms with van der Waals surface area (Å²) in [5.41, 5.74) is 2.89. The standard InChI is InChI=1S/C20H18N2O2S/c1-13-19(23)22(15-8-10-16(24-2)11-9-15)20(25-13)17-7-3-5-14-6-4-12-21-18(14)17/h3-13,20H,1-2H3. The lowest BCUT2D eigenvalue weighted by Crippen LogP contribution is -2.30. The highest BCUT2D eigenvalue weighted by molar-refractivity contribution is 8.01. The minimum Gasteiger partial charge on any atom is -0.497 e. The molecule has 0 saturated carbocycles. The first-order chi connectivity index (χ1) is 12.2. The molecule has 2 atom stereocenters. The summed E-state index contributed by atoms with van der Waals surface area (Å²) >= 11 is 1.66. The summed E-state index contributed by atoms with van der Waals surface area (Å²) in [7, 11) is 1.64. The molecule has 0 radical (unpaired) electrons. The molecular weight excluding hydrogens is 332 g/mol. The molecule has 1 aromatic heterocycles. The Labute approximate surface area is 150 Å². The zero-order chi connectivity index (χ0) is 17.4. The van der Waals surface area contributed by atoms with Gasteiger partial charge in [0.25, 0.3) is 0 Å². The molecule has 1 saturated heterocycles. The molecule has 0 N–H and O–H groups in total. The van der Waals surface area contributed by atoms with Gasteiger partial charge in [0.05, 0.1) is 17.9 Å². The number of pyridine rings is 1. The monoisotopic (exact) mass is 350 g/mol. The summed E-state index contributed by atoms with van der Waals surface area (Å²) in [6.07, 6.45) is 1.80. The van der Waals surface area contributed by atoms with Gasteiger partial charge in [-0.15, -0.1) is 11.8 Å². The highest BCUT2D eigenvalue weighted by Gasteiger charge is 2.40. The van der Waals surface area contributed by atoms with Crippen LogP contribution < -0.4 is 9.64 Å². The van der Waals surface area contributed by atoms with E-state index in [4.69, 9.17) is 4.74 Å². The predicted octanol–water partition coefficient (Wildman–Crippen LogP) is 4.41. The van der Waals surface area contributed by atoms with E-state index in [1.807, 2.05) is 48.2 Å². The van der Waals surface area contributed by atoms with Crippen LogP contribution in [-0.4, -0.2) is 23.3 Å². The van der Waals surface area contributed by atoms with Crippen LogP contribution in [0.5, 0.6) is 5.75 Å². The first kappa shape index (κ1) is 16.0. The first-order valence-electron chi connectivity index (χ1n) is 8.15. The van der Waals surface area contributed by atoms with E-state index < -0.39 is 0 Å². The van der Waals surface area contributed by atoms with Gasteiger partial charge >= 0.3 is 0 Å². The van der Waals surface area contributed by atoms with Gasteiger partial charge in [-0.05, 0) is 37.3 Å². The normalized spacial score (nSPS) is 20.2. The molecule has 126 valence electrons. The van der Waals surface area contributed by atoms with E-state index >= 15 is 0 Å². The van der Waals surface area contributed by atoms with Crippen molar-refractivity contribution in [3.8, 4) is 5.75 Å². The van der Waals surface area contributed by atoms with E-state index in [2.05, 4.69) is 23.2 Å². The van der Waals surface area contributed by atoms with Crippen LogP contribution >= 0.6 is 11.8 Å². The zero-order valence-electron chi connectivity index (χ0n) is 14.0. The Morgan fingerprint density at radius 1 is 1.08 bits per heavy atom. The Bertz CT molecular complexity index is 921. The highest BCUT2D eigenvalue weighted by Crippen LogP contribution is 2.47.